The van der Waals surface area contributed by atoms with Gasteiger partial charge >= 0.3 is 15.9 Å². The number of benzene rings is 4. The number of piperidine rings is 1. The number of hydrogen-bond acceptors (Lipinski definition) is 10. The molecule has 1 unspecified atom stereocenters. The lowest BCUT2D eigenvalue weighted by atomic mass is 10.1. The van der Waals surface area contributed by atoms with E-state index in [1.807, 2.05) is 10.8 Å². The van der Waals surface area contributed by atoms with E-state index < -0.39 is 57.7 Å². The number of piperazine rings is 1. The van der Waals surface area contributed by atoms with Gasteiger partial charge in [-0.3, -0.25) is 43.3 Å². The number of nitrogens with zero attached hydrogens (tertiary/aromatic N) is 5. The number of nitrogens with one attached hydrogen (secondary N) is 3. The summed E-state index contributed by atoms with van der Waals surface area (Å²) < 4.78 is 52.8. The van der Waals surface area contributed by atoms with Crippen LogP contribution in [0.25, 0.3) is 21.8 Å². The fourth-order valence-electron chi connectivity index (χ4n) is 7.41. The summed E-state index contributed by atoms with van der Waals surface area (Å²) in [6.45, 7) is -0.273. The van der Waals surface area contributed by atoms with E-state index in [9.17, 15) is 37.2 Å². The van der Waals surface area contributed by atoms with E-state index in [-0.39, 0.29) is 62.0 Å². The Labute approximate surface area is 323 Å². The summed E-state index contributed by atoms with van der Waals surface area (Å²) in [7, 11) is -2.81. The lowest BCUT2D eigenvalue weighted by Gasteiger charge is -2.34. The van der Waals surface area contributed by atoms with Gasteiger partial charge in [0.05, 0.1) is 24.1 Å². The van der Waals surface area contributed by atoms with Crippen LogP contribution in [-0.2, 0) is 47.8 Å². The minimum absolute atomic E-state index is 0.0250. The van der Waals surface area contributed by atoms with Crippen molar-refractivity contribution in [3.63, 3.8) is 0 Å². The Morgan fingerprint density at radius 3 is 2.44 bits per heavy atom. The number of anilines is 3. The van der Waals surface area contributed by atoms with Crippen LogP contribution in [0, 0.1) is 5.82 Å². The van der Waals surface area contributed by atoms with E-state index in [1.54, 1.807) is 59.3 Å². The highest BCUT2D eigenvalue weighted by molar-refractivity contribution is 7.92. The molecule has 1 aromatic heterocycles. The molecule has 0 saturated carbocycles. The monoisotopic (exact) mass is 798 g/mol. The predicted octanol–water partition coefficient (Wildman–Crippen LogP) is 1.66. The number of aryl methyl sites for hydroxylation is 1. The Morgan fingerprint density at radius 1 is 0.930 bits per heavy atom. The van der Waals surface area contributed by atoms with Crippen LogP contribution in [0.15, 0.2) is 77.6 Å². The molecule has 5 amide bonds. The van der Waals surface area contributed by atoms with Gasteiger partial charge in [0.1, 0.15) is 30.6 Å². The van der Waals surface area contributed by atoms with Gasteiger partial charge in [-0.2, -0.15) is 8.42 Å². The van der Waals surface area contributed by atoms with E-state index in [0.717, 1.165) is 5.56 Å². The lowest BCUT2D eigenvalue weighted by molar-refractivity contribution is -0.136. The van der Waals surface area contributed by atoms with Crippen LogP contribution in [-0.4, -0.2) is 84.7 Å². The minimum Gasteiger partial charge on any atom is -0.487 e. The Hall–Kier alpha value is -6.60. The summed E-state index contributed by atoms with van der Waals surface area (Å²) in [6, 6.07) is 19.0. The third kappa shape index (κ3) is 7.06. The second-order valence-electron chi connectivity index (χ2n) is 13.9. The van der Waals surface area contributed by atoms with Gasteiger partial charge < -0.3 is 15.0 Å². The number of carbonyl (C=O) groups is 5. The molecule has 0 aliphatic carbocycles. The fraction of sp³-hybridized carbons (Fsp3) is 0.263. The summed E-state index contributed by atoms with van der Waals surface area (Å²) in [5.74, 6) is -3.53. The molecule has 0 spiro atoms. The first-order valence-corrected chi connectivity index (χ1v) is 19.3. The second kappa shape index (κ2) is 14.5. The zero-order chi connectivity index (χ0) is 40.2. The quantitative estimate of drug-likeness (QED) is 0.184. The van der Waals surface area contributed by atoms with Crippen molar-refractivity contribution in [1.29, 1.82) is 0 Å². The number of halogens is 1. The maximum atomic E-state index is 16.2. The van der Waals surface area contributed by atoms with E-state index in [0.29, 0.717) is 38.6 Å². The Kier molecular flexibility index (Phi) is 9.48. The highest BCUT2D eigenvalue weighted by Crippen LogP contribution is 2.40. The summed E-state index contributed by atoms with van der Waals surface area (Å²) in [5, 5.41) is 5.38. The number of carbonyl (C=O) groups excluding carboxylic acids is 5. The average Bonchev–Trinajstić information content (AvgIpc) is 3.58. The number of hydrogen-bond donors (Lipinski definition) is 3. The Morgan fingerprint density at radius 2 is 1.72 bits per heavy atom. The molecule has 57 heavy (non-hydrogen) atoms. The molecule has 17 nitrogen and oxygen atoms in total. The zero-order valence-corrected chi connectivity index (χ0v) is 31.2. The highest BCUT2D eigenvalue weighted by Gasteiger charge is 2.38. The van der Waals surface area contributed by atoms with Crippen molar-refractivity contribution in [3.05, 3.63) is 94.7 Å². The molecule has 294 valence electrons. The number of aromatic nitrogens is 2. The van der Waals surface area contributed by atoms with Crippen LogP contribution in [0.4, 0.5) is 21.5 Å². The molecule has 8 rings (SSSR count). The first kappa shape index (κ1) is 37.3. The van der Waals surface area contributed by atoms with Crippen LogP contribution in [0.3, 0.4) is 0 Å². The van der Waals surface area contributed by atoms with Crippen molar-refractivity contribution in [2.24, 2.45) is 7.05 Å². The van der Waals surface area contributed by atoms with Crippen molar-refractivity contribution >= 4 is 78.6 Å². The molecule has 5 aromatic rings. The third-order valence-corrected chi connectivity index (χ3v) is 11.6. The molecule has 3 aliphatic rings. The standard InChI is InChI=1S/C38H35FN8O9S/c1-43-29-17-25(8-10-27(29)47(38(43)53)28-11-12-31(48)41-37(28)52)45-14-13-44(20-34(45)51)18-32(49)40-24-7-9-26-23(15-24)16-30(56-21-22-5-3-2-4-6-22)36(35(26)39)46-19-33(50)42-57(46,54)55/h2-10,15-17,28H,11-14,18-21H2,1H3,(H,40,49)(H,42,50)(H,41,48,52). The number of fused-ring (bicyclic) bond motifs is 2. The molecule has 0 radical (unpaired) electrons. The number of ether oxygens (including phenoxy) is 1. The number of imidazole rings is 1. The normalized spacial score (nSPS) is 18.6. The van der Waals surface area contributed by atoms with Gasteiger partial charge in [0.15, 0.2) is 5.82 Å². The molecule has 3 fully saturated rings. The van der Waals surface area contributed by atoms with Gasteiger partial charge in [0.2, 0.25) is 23.6 Å². The fourth-order valence-corrected chi connectivity index (χ4v) is 8.57. The van der Waals surface area contributed by atoms with Crippen LogP contribution >= 0.6 is 0 Å². The molecule has 4 heterocycles. The molecule has 1 atom stereocenters. The smallest absolute Gasteiger partial charge is 0.329 e. The largest absolute Gasteiger partial charge is 0.487 e. The summed E-state index contributed by atoms with van der Waals surface area (Å²) in [5.41, 5.74) is 1.73. The van der Waals surface area contributed by atoms with Crippen molar-refractivity contribution in [1.82, 2.24) is 24.1 Å². The van der Waals surface area contributed by atoms with E-state index in [4.69, 9.17) is 4.74 Å². The molecule has 3 aliphatic heterocycles. The molecule has 3 saturated heterocycles. The average molecular weight is 799 g/mol. The first-order chi connectivity index (χ1) is 27.3. The first-order valence-electron chi connectivity index (χ1n) is 17.9. The van der Waals surface area contributed by atoms with Gasteiger partial charge in [-0.15, -0.1) is 0 Å². The molecule has 19 heteroatoms. The molecule has 0 bridgehead atoms. The third-order valence-electron chi connectivity index (χ3n) is 10.2. The van der Waals surface area contributed by atoms with E-state index in [1.165, 1.54) is 33.4 Å². The van der Waals surface area contributed by atoms with Gasteiger partial charge in [-0.05, 0) is 59.8 Å². The number of rotatable bonds is 9. The Balaban J connectivity index is 0.963. The van der Waals surface area contributed by atoms with Crippen molar-refractivity contribution in [2.75, 3.05) is 47.2 Å². The number of imide groups is 1. The van der Waals surface area contributed by atoms with Crippen LogP contribution in [0.5, 0.6) is 5.75 Å². The summed E-state index contributed by atoms with van der Waals surface area (Å²) in [4.78, 5) is 79.3. The van der Waals surface area contributed by atoms with Gasteiger partial charge in [-0.1, -0.05) is 30.3 Å². The van der Waals surface area contributed by atoms with Crippen molar-refractivity contribution in [3.8, 4) is 5.75 Å². The van der Waals surface area contributed by atoms with E-state index >= 15 is 4.39 Å². The van der Waals surface area contributed by atoms with Gasteiger partial charge in [0, 0.05) is 43.3 Å². The maximum Gasteiger partial charge on any atom is 0.329 e. The van der Waals surface area contributed by atoms with Crippen LogP contribution in [0.2, 0.25) is 0 Å². The van der Waals surface area contributed by atoms with Gasteiger partial charge in [0.25, 0.3) is 5.91 Å². The second-order valence-corrected chi connectivity index (χ2v) is 15.5. The summed E-state index contributed by atoms with van der Waals surface area (Å²) in [6.07, 6.45) is 0.306. The van der Waals surface area contributed by atoms with Crippen molar-refractivity contribution < 1.29 is 41.5 Å². The Bertz CT molecular complexity index is 2700. The van der Waals surface area contributed by atoms with Crippen molar-refractivity contribution in [2.45, 2.75) is 25.5 Å². The molecular weight excluding hydrogens is 764 g/mol. The minimum atomic E-state index is -4.37. The van der Waals surface area contributed by atoms with Crippen LogP contribution < -0.4 is 35.0 Å². The SMILES string of the molecule is Cn1c(=O)n(C2CCC(=O)NC2=O)c2ccc(N3CCN(CC(=O)Nc4ccc5c(F)c(N6CC(=O)NS6(=O)=O)c(OCc6ccccc6)cc5c4)CC3=O)cc21. The summed E-state index contributed by atoms with van der Waals surface area (Å²) >= 11 is 0. The highest BCUT2D eigenvalue weighted by atomic mass is 32.2. The lowest BCUT2D eigenvalue weighted by Crippen LogP contribution is -2.52. The predicted molar refractivity (Wildman–Crippen MR) is 205 cm³/mol. The van der Waals surface area contributed by atoms with Gasteiger partial charge in [-0.25, -0.2) is 18.2 Å². The zero-order valence-electron chi connectivity index (χ0n) is 30.4. The molecule has 4 aromatic carbocycles. The van der Waals surface area contributed by atoms with Crippen LogP contribution in [0.1, 0.15) is 24.4 Å². The maximum absolute atomic E-state index is 16.2. The number of amides is 5. The topological polar surface area (TPSA) is 201 Å². The molecular formula is C38H35FN8O9S. The molecule has 3 N–H and O–H groups in total. The van der Waals surface area contributed by atoms with E-state index in [2.05, 4.69) is 10.6 Å².